The van der Waals surface area contributed by atoms with Crippen molar-refractivity contribution in [3.05, 3.63) is 35.6 Å². The van der Waals surface area contributed by atoms with Crippen molar-refractivity contribution in [1.82, 2.24) is 15.1 Å². The second kappa shape index (κ2) is 7.73. The van der Waals surface area contributed by atoms with Gasteiger partial charge in [0.25, 0.3) is 5.91 Å². The number of dihydropyridines is 1. The average Bonchev–Trinajstić information content (AvgIpc) is 3.31. The maximum absolute atomic E-state index is 13.1. The minimum Gasteiger partial charge on any atom is -0.387 e. The molecule has 0 radical (unpaired) electrons. The van der Waals surface area contributed by atoms with E-state index in [-0.39, 0.29) is 5.91 Å². The van der Waals surface area contributed by atoms with Crippen LogP contribution in [0, 0.1) is 34.5 Å². The molecule has 1 N–H and O–H groups in total. The standard InChI is InChI=1S/C29H43N3O/c1-19-24-7-8-26-23-6-5-21-17-22(32(4)27(33)20-11-15-30-16-12-20)9-13-28(21,2)25(23)10-14-29(24,26)18-31(19)3/h5,11-12,15,19,22-26,30H,6-10,13-14,16-18H2,1-4H3/t19-,22-,23+,24+,25?,26-,28-,29-/m0/s1. The Balaban J connectivity index is 1.21. The first-order valence-electron chi connectivity index (χ1n) is 13.6. The number of hydrogen-bond donors (Lipinski definition) is 1. The third-order valence-electron chi connectivity index (χ3n) is 11.6. The molecular formula is C29H43N3O. The molecule has 1 amide bonds. The van der Waals surface area contributed by atoms with Crippen molar-refractivity contribution < 1.29 is 4.79 Å². The third-order valence-corrected chi connectivity index (χ3v) is 11.6. The van der Waals surface area contributed by atoms with E-state index in [2.05, 4.69) is 37.2 Å². The van der Waals surface area contributed by atoms with E-state index in [0.29, 0.717) is 16.9 Å². The van der Waals surface area contributed by atoms with Gasteiger partial charge in [-0.15, -0.1) is 0 Å². The molecule has 4 fully saturated rings. The molecular weight excluding hydrogens is 406 g/mol. The third kappa shape index (κ3) is 3.08. The van der Waals surface area contributed by atoms with Crippen LogP contribution in [0.2, 0.25) is 0 Å². The monoisotopic (exact) mass is 449 g/mol. The molecule has 1 unspecified atom stereocenters. The van der Waals surface area contributed by atoms with E-state index in [1.165, 1.54) is 45.1 Å². The molecule has 0 aromatic carbocycles. The van der Waals surface area contributed by atoms with Gasteiger partial charge >= 0.3 is 0 Å². The lowest BCUT2D eigenvalue weighted by atomic mass is 9.47. The van der Waals surface area contributed by atoms with Gasteiger partial charge in [0.05, 0.1) is 0 Å². The topological polar surface area (TPSA) is 35.6 Å². The average molecular weight is 450 g/mol. The lowest BCUT2D eigenvalue weighted by Crippen LogP contribution is -2.53. The van der Waals surface area contributed by atoms with Crippen LogP contribution in [0.3, 0.4) is 0 Å². The summed E-state index contributed by atoms with van der Waals surface area (Å²) in [7, 11) is 4.40. The zero-order valence-electron chi connectivity index (χ0n) is 21.1. The molecule has 0 aromatic heterocycles. The molecule has 33 heavy (non-hydrogen) atoms. The minimum atomic E-state index is 0.187. The first-order chi connectivity index (χ1) is 15.8. The molecule has 0 aromatic rings. The fourth-order valence-corrected chi connectivity index (χ4v) is 9.76. The fourth-order valence-electron chi connectivity index (χ4n) is 9.76. The summed E-state index contributed by atoms with van der Waals surface area (Å²) in [6.07, 6.45) is 19.1. The summed E-state index contributed by atoms with van der Waals surface area (Å²) in [4.78, 5) is 17.8. The van der Waals surface area contributed by atoms with Crippen LogP contribution in [0.25, 0.3) is 0 Å². The van der Waals surface area contributed by atoms with Gasteiger partial charge in [-0.05, 0) is 112 Å². The van der Waals surface area contributed by atoms with Gasteiger partial charge in [0.2, 0.25) is 0 Å². The summed E-state index contributed by atoms with van der Waals surface area (Å²) >= 11 is 0. The van der Waals surface area contributed by atoms with E-state index in [1.807, 2.05) is 30.3 Å². The Morgan fingerprint density at radius 2 is 1.94 bits per heavy atom. The number of hydrogen-bond acceptors (Lipinski definition) is 3. The Morgan fingerprint density at radius 1 is 1.12 bits per heavy atom. The smallest absolute Gasteiger partial charge is 0.253 e. The number of rotatable bonds is 2. The highest BCUT2D eigenvalue weighted by atomic mass is 16.2. The maximum atomic E-state index is 13.1. The van der Waals surface area contributed by atoms with Crippen molar-refractivity contribution in [3.8, 4) is 0 Å². The number of likely N-dealkylation sites (N-methyl/N-ethyl adjacent to an activating group) is 1. The molecule has 0 bridgehead atoms. The summed E-state index contributed by atoms with van der Waals surface area (Å²) in [5.74, 6) is 3.79. The largest absolute Gasteiger partial charge is 0.387 e. The van der Waals surface area contributed by atoms with Gasteiger partial charge in [-0.2, -0.15) is 0 Å². The van der Waals surface area contributed by atoms with Gasteiger partial charge in [-0.1, -0.05) is 24.6 Å². The highest BCUT2D eigenvalue weighted by molar-refractivity contribution is 5.96. The molecule has 2 aliphatic heterocycles. The first kappa shape index (κ1) is 21.9. The van der Waals surface area contributed by atoms with E-state index in [1.54, 1.807) is 5.57 Å². The Kier molecular flexibility index (Phi) is 5.14. The normalized spacial score (nSPS) is 46.3. The first-order valence-corrected chi connectivity index (χ1v) is 13.6. The minimum absolute atomic E-state index is 0.187. The second-order valence-corrected chi connectivity index (χ2v) is 12.6. The molecule has 4 aliphatic carbocycles. The van der Waals surface area contributed by atoms with Crippen molar-refractivity contribution in [3.63, 3.8) is 0 Å². The highest BCUT2D eigenvalue weighted by Gasteiger charge is 2.64. The van der Waals surface area contributed by atoms with Crippen LogP contribution < -0.4 is 5.32 Å². The summed E-state index contributed by atoms with van der Waals surface area (Å²) < 4.78 is 0. The quantitative estimate of drug-likeness (QED) is 0.618. The number of nitrogens with zero attached hydrogens (tertiary/aromatic N) is 2. The summed E-state index contributed by atoms with van der Waals surface area (Å²) in [6.45, 7) is 7.18. The van der Waals surface area contributed by atoms with Crippen molar-refractivity contribution >= 4 is 5.91 Å². The molecule has 4 heteroatoms. The number of amides is 1. The molecule has 6 rings (SSSR count). The maximum Gasteiger partial charge on any atom is 0.253 e. The van der Waals surface area contributed by atoms with Gasteiger partial charge < -0.3 is 15.1 Å². The Bertz CT molecular complexity index is 920. The Labute approximate surface area is 200 Å². The van der Waals surface area contributed by atoms with Crippen LogP contribution in [0.1, 0.15) is 65.2 Å². The van der Waals surface area contributed by atoms with E-state index in [4.69, 9.17) is 0 Å². The molecule has 1 saturated heterocycles. The number of carbonyl (C=O) groups is 1. The number of fused-ring (bicyclic) bond motifs is 4. The lowest BCUT2D eigenvalue weighted by Gasteiger charge is -2.58. The van der Waals surface area contributed by atoms with Crippen LogP contribution in [0.15, 0.2) is 35.6 Å². The molecule has 3 saturated carbocycles. The number of carbonyl (C=O) groups excluding carboxylic acids is 1. The fraction of sp³-hybridized carbons (Fsp3) is 0.759. The summed E-state index contributed by atoms with van der Waals surface area (Å²) in [5, 5.41) is 3.15. The van der Waals surface area contributed by atoms with Crippen LogP contribution in [-0.4, -0.2) is 55.0 Å². The SMILES string of the molecule is C[C@H]1[C@H]2CC[C@H]3[C@@H]4CC=C5C[C@@H](N(C)C(=O)C6=CCNC=C6)CC[C@]5(C)C4CC[C@]23CN1C. The van der Waals surface area contributed by atoms with Gasteiger partial charge in [0.1, 0.15) is 0 Å². The van der Waals surface area contributed by atoms with Gasteiger partial charge in [-0.3, -0.25) is 4.79 Å². The van der Waals surface area contributed by atoms with Crippen LogP contribution in [-0.2, 0) is 4.79 Å². The van der Waals surface area contributed by atoms with Crippen LogP contribution in [0.4, 0.5) is 0 Å². The molecule has 1 spiro atoms. The zero-order chi connectivity index (χ0) is 23.0. The molecule has 4 nitrogen and oxygen atoms in total. The highest BCUT2D eigenvalue weighted by Crippen LogP contribution is 2.68. The van der Waals surface area contributed by atoms with Crippen LogP contribution >= 0.6 is 0 Å². The lowest BCUT2D eigenvalue weighted by molar-refractivity contribution is -0.128. The zero-order valence-corrected chi connectivity index (χ0v) is 21.1. The van der Waals surface area contributed by atoms with Crippen molar-refractivity contribution in [2.24, 2.45) is 34.5 Å². The van der Waals surface area contributed by atoms with Crippen molar-refractivity contribution in [2.45, 2.75) is 77.3 Å². The van der Waals surface area contributed by atoms with Crippen LogP contribution in [0.5, 0.6) is 0 Å². The van der Waals surface area contributed by atoms with Gasteiger partial charge in [-0.25, -0.2) is 0 Å². The number of allylic oxidation sites excluding steroid dienone is 1. The number of nitrogens with one attached hydrogen (secondary N) is 1. The van der Waals surface area contributed by atoms with Crippen molar-refractivity contribution in [2.75, 3.05) is 27.2 Å². The predicted molar refractivity (Wildman–Crippen MR) is 133 cm³/mol. The van der Waals surface area contributed by atoms with Gasteiger partial charge in [0, 0.05) is 37.8 Å². The Hall–Kier alpha value is -1.55. The van der Waals surface area contributed by atoms with E-state index >= 15 is 0 Å². The Morgan fingerprint density at radius 3 is 2.73 bits per heavy atom. The molecule has 2 heterocycles. The molecule has 6 aliphatic rings. The number of likely N-dealkylation sites (tertiary alicyclic amines) is 1. The summed E-state index contributed by atoms with van der Waals surface area (Å²) in [5.41, 5.74) is 3.48. The van der Waals surface area contributed by atoms with Gasteiger partial charge in [0.15, 0.2) is 0 Å². The molecule has 180 valence electrons. The second-order valence-electron chi connectivity index (χ2n) is 12.6. The van der Waals surface area contributed by atoms with E-state index in [9.17, 15) is 4.79 Å². The van der Waals surface area contributed by atoms with E-state index in [0.717, 1.165) is 54.7 Å². The summed E-state index contributed by atoms with van der Waals surface area (Å²) in [6, 6.07) is 1.11. The predicted octanol–water partition coefficient (Wildman–Crippen LogP) is 4.75. The molecule has 8 atom stereocenters. The van der Waals surface area contributed by atoms with E-state index < -0.39 is 0 Å². The van der Waals surface area contributed by atoms with Crippen molar-refractivity contribution in [1.29, 1.82) is 0 Å².